The van der Waals surface area contributed by atoms with Gasteiger partial charge in [0.15, 0.2) is 5.69 Å². The van der Waals surface area contributed by atoms with E-state index in [1.165, 1.54) is 0 Å². The highest BCUT2D eigenvalue weighted by atomic mass is 16.5. The number of aromatic nitrogens is 2. The number of hydrogen-bond acceptors (Lipinski definition) is 3. The molecule has 5 heteroatoms. The smallest absolute Gasteiger partial charge is 0.272 e. The van der Waals surface area contributed by atoms with Gasteiger partial charge in [0, 0.05) is 19.0 Å². The van der Waals surface area contributed by atoms with Gasteiger partial charge in [-0.05, 0) is 30.7 Å². The van der Waals surface area contributed by atoms with Gasteiger partial charge >= 0.3 is 0 Å². The zero-order chi connectivity index (χ0) is 16.2. The topological polar surface area (TPSA) is 56.1 Å². The molecule has 0 fully saturated rings. The summed E-state index contributed by atoms with van der Waals surface area (Å²) in [7, 11) is 1.84. The lowest BCUT2D eigenvalue weighted by molar-refractivity contribution is 0.0946. The van der Waals surface area contributed by atoms with Crippen molar-refractivity contribution in [3.05, 3.63) is 59.8 Å². The Bertz CT molecular complexity index is 839. The van der Waals surface area contributed by atoms with Crippen molar-refractivity contribution in [1.29, 1.82) is 0 Å². The molecule has 1 heterocycles. The number of nitrogens with zero attached hydrogens (tertiary/aromatic N) is 2. The maximum atomic E-state index is 12.4. The van der Waals surface area contributed by atoms with E-state index < -0.39 is 0 Å². The van der Waals surface area contributed by atoms with E-state index in [0.29, 0.717) is 18.8 Å². The molecule has 0 atom stereocenters. The molecule has 0 aliphatic carbocycles. The fourth-order valence-corrected chi connectivity index (χ4v) is 2.56. The first-order chi connectivity index (χ1) is 11.2. The molecule has 0 spiro atoms. The number of nitrogens with one attached hydrogen (secondary N) is 1. The van der Waals surface area contributed by atoms with E-state index in [-0.39, 0.29) is 5.91 Å². The summed E-state index contributed by atoms with van der Waals surface area (Å²) >= 11 is 0. The van der Waals surface area contributed by atoms with Gasteiger partial charge < -0.3 is 10.1 Å². The third-order valence-corrected chi connectivity index (χ3v) is 3.64. The molecule has 2 aromatic carbocycles. The van der Waals surface area contributed by atoms with Crippen LogP contribution in [-0.4, -0.2) is 22.3 Å². The number of rotatable bonds is 5. The molecule has 0 unspecified atom stereocenters. The average molecular weight is 309 g/mol. The second-order valence-electron chi connectivity index (χ2n) is 5.25. The highest BCUT2D eigenvalue weighted by molar-refractivity contribution is 6.04. The fourth-order valence-electron chi connectivity index (χ4n) is 2.56. The Morgan fingerprint density at radius 2 is 2.04 bits per heavy atom. The molecule has 0 radical (unpaired) electrons. The van der Waals surface area contributed by atoms with E-state index in [9.17, 15) is 4.79 Å². The summed E-state index contributed by atoms with van der Waals surface area (Å²) in [4.78, 5) is 12.4. The lowest BCUT2D eigenvalue weighted by Gasteiger charge is -2.07. The Kier molecular flexibility index (Phi) is 4.28. The van der Waals surface area contributed by atoms with Crippen LogP contribution >= 0.6 is 0 Å². The van der Waals surface area contributed by atoms with Crippen LogP contribution in [0.15, 0.2) is 48.5 Å². The van der Waals surface area contributed by atoms with E-state index in [0.717, 1.165) is 22.2 Å². The molecular formula is C18H19N3O2. The maximum absolute atomic E-state index is 12.4. The first-order valence-corrected chi connectivity index (χ1v) is 7.60. The zero-order valence-corrected chi connectivity index (χ0v) is 13.2. The lowest BCUT2D eigenvalue weighted by Crippen LogP contribution is -2.23. The number of carbonyl (C=O) groups excluding carboxylic acids is 1. The van der Waals surface area contributed by atoms with Crippen molar-refractivity contribution in [3.8, 4) is 5.75 Å². The monoisotopic (exact) mass is 309 g/mol. The maximum Gasteiger partial charge on any atom is 0.272 e. The number of para-hydroxylation sites is 1. The van der Waals surface area contributed by atoms with Crippen LogP contribution in [0.4, 0.5) is 0 Å². The molecular weight excluding hydrogens is 290 g/mol. The summed E-state index contributed by atoms with van der Waals surface area (Å²) in [6, 6.07) is 15.4. The van der Waals surface area contributed by atoms with E-state index in [2.05, 4.69) is 10.4 Å². The van der Waals surface area contributed by atoms with Crippen molar-refractivity contribution in [2.24, 2.45) is 7.05 Å². The molecule has 23 heavy (non-hydrogen) atoms. The Morgan fingerprint density at radius 3 is 2.87 bits per heavy atom. The van der Waals surface area contributed by atoms with E-state index in [1.807, 2.05) is 62.5 Å². The summed E-state index contributed by atoms with van der Waals surface area (Å²) in [5.74, 6) is 0.631. The molecule has 0 aliphatic heterocycles. The number of fused-ring (bicyclic) bond motifs is 1. The van der Waals surface area contributed by atoms with Gasteiger partial charge in [-0.2, -0.15) is 5.10 Å². The van der Waals surface area contributed by atoms with Crippen LogP contribution < -0.4 is 10.1 Å². The molecule has 0 aliphatic rings. The molecule has 3 aromatic rings. The molecule has 1 aromatic heterocycles. The first kappa shape index (κ1) is 15.1. The molecule has 1 amide bonds. The van der Waals surface area contributed by atoms with Gasteiger partial charge in [0.1, 0.15) is 5.75 Å². The average Bonchev–Trinajstić information content (AvgIpc) is 2.91. The first-order valence-electron chi connectivity index (χ1n) is 7.60. The van der Waals surface area contributed by atoms with Crippen LogP contribution in [0, 0.1) is 0 Å². The molecule has 3 rings (SSSR count). The number of ether oxygens (including phenoxy) is 1. The minimum atomic E-state index is -0.177. The third-order valence-electron chi connectivity index (χ3n) is 3.64. The van der Waals surface area contributed by atoms with Gasteiger partial charge in [-0.25, -0.2) is 0 Å². The second kappa shape index (κ2) is 6.52. The van der Waals surface area contributed by atoms with Crippen LogP contribution in [0.5, 0.6) is 5.75 Å². The van der Waals surface area contributed by atoms with Gasteiger partial charge in [-0.3, -0.25) is 9.48 Å². The van der Waals surface area contributed by atoms with Gasteiger partial charge in [0.2, 0.25) is 0 Å². The highest BCUT2D eigenvalue weighted by Gasteiger charge is 2.15. The quantitative estimate of drug-likeness (QED) is 0.788. The lowest BCUT2D eigenvalue weighted by atomic mass is 10.2. The van der Waals surface area contributed by atoms with Crippen molar-refractivity contribution < 1.29 is 9.53 Å². The van der Waals surface area contributed by atoms with Crippen LogP contribution in [0.3, 0.4) is 0 Å². The zero-order valence-electron chi connectivity index (χ0n) is 13.2. The SMILES string of the molecule is CCOc1cccc(CNC(=O)c2nn(C)c3ccccc23)c1. The van der Waals surface area contributed by atoms with Gasteiger partial charge in [0.25, 0.3) is 5.91 Å². The van der Waals surface area contributed by atoms with Crippen LogP contribution in [0.1, 0.15) is 23.0 Å². The highest BCUT2D eigenvalue weighted by Crippen LogP contribution is 2.18. The molecule has 0 bridgehead atoms. The van der Waals surface area contributed by atoms with Crippen LogP contribution in [0.25, 0.3) is 10.9 Å². The predicted molar refractivity (Wildman–Crippen MR) is 89.5 cm³/mol. The fraction of sp³-hybridized carbons (Fsp3) is 0.222. The molecule has 1 N–H and O–H groups in total. The van der Waals surface area contributed by atoms with Crippen molar-refractivity contribution in [2.45, 2.75) is 13.5 Å². The van der Waals surface area contributed by atoms with Crippen molar-refractivity contribution in [3.63, 3.8) is 0 Å². The van der Waals surface area contributed by atoms with Gasteiger partial charge in [-0.1, -0.05) is 30.3 Å². The molecule has 5 nitrogen and oxygen atoms in total. The van der Waals surface area contributed by atoms with Gasteiger partial charge in [-0.15, -0.1) is 0 Å². The van der Waals surface area contributed by atoms with Crippen LogP contribution in [-0.2, 0) is 13.6 Å². The van der Waals surface area contributed by atoms with Crippen molar-refractivity contribution in [2.75, 3.05) is 6.61 Å². The van der Waals surface area contributed by atoms with Gasteiger partial charge in [0.05, 0.1) is 12.1 Å². The summed E-state index contributed by atoms with van der Waals surface area (Å²) in [5.41, 5.74) is 2.38. The Labute approximate surface area is 134 Å². The number of hydrogen-bond donors (Lipinski definition) is 1. The van der Waals surface area contributed by atoms with E-state index >= 15 is 0 Å². The number of amides is 1. The minimum Gasteiger partial charge on any atom is -0.494 e. The second-order valence-corrected chi connectivity index (χ2v) is 5.25. The van der Waals surface area contributed by atoms with Crippen molar-refractivity contribution in [1.82, 2.24) is 15.1 Å². The number of carbonyl (C=O) groups is 1. The Hall–Kier alpha value is -2.82. The molecule has 0 saturated heterocycles. The summed E-state index contributed by atoms with van der Waals surface area (Å²) < 4.78 is 7.19. The largest absolute Gasteiger partial charge is 0.494 e. The normalized spacial score (nSPS) is 10.7. The Balaban J connectivity index is 1.75. The van der Waals surface area contributed by atoms with Crippen LogP contribution in [0.2, 0.25) is 0 Å². The predicted octanol–water partition coefficient (Wildman–Crippen LogP) is 2.90. The summed E-state index contributed by atoms with van der Waals surface area (Å²) in [6.07, 6.45) is 0. The third kappa shape index (κ3) is 3.18. The Morgan fingerprint density at radius 1 is 1.22 bits per heavy atom. The van der Waals surface area contributed by atoms with Crippen molar-refractivity contribution >= 4 is 16.8 Å². The number of benzene rings is 2. The molecule has 118 valence electrons. The summed E-state index contributed by atoms with van der Waals surface area (Å²) in [6.45, 7) is 3.00. The standard InChI is InChI=1S/C18H19N3O2/c1-3-23-14-8-6-7-13(11-14)12-19-18(22)17-15-9-4-5-10-16(15)21(2)20-17/h4-11H,3,12H2,1-2H3,(H,19,22). The number of aryl methyl sites for hydroxylation is 1. The molecule has 0 saturated carbocycles. The van der Waals surface area contributed by atoms with E-state index in [1.54, 1.807) is 4.68 Å². The summed E-state index contributed by atoms with van der Waals surface area (Å²) in [5, 5.41) is 8.11. The minimum absolute atomic E-state index is 0.177. The van der Waals surface area contributed by atoms with E-state index in [4.69, 9.17) is 4.74 Å².